The van der Waals surface area contributed by atoms with Crippen LogP contribution in [0.4, 0.5) is 0 Å². The maximum absolute atomic E-state index is 6.00. The van der Waals surface area contributed by atoms with E-state index in [4.69, 9.17) is 10.5 Å². The third kappa shape index (κ3) is 4.76. The number of hydrogen-bond donors (Lipinski definition) is 1. The first-order valence-electron chi connectivity index (χ1n) is 6.60. The second-order valence-electron chi connectivity index (χ2n) is 4.54. The molecule has 1 saturated heterocycles. The minimum atomic E-state index is 0.419. The van der Waals surface area contributed by atoms with E-state index in [0.29, 0.717) is 11.2 Å². The van der Waals surface area contributed by atoms with Crippen LogP contribution in [0.15, 0.2) is 40.2 Å². The number of benzene rings is 1. The third-order valence-electron chi connectivity index (χ3n) is 2.93. The van der Waals surface area contributed by atoms with Crippen LogP contribution in [0.3, 0.4) is 0 Å². The number of ether oxygens (including phenoxy) is 1. The fraction of sp³-hybridized carbons (Fsp3) is 0.500. The average Bonchev–Trinajstić information content (AvgIpc) is 2.47. The molecule has 2 N–H and O–H groups in total. The van der Waals surface area contributed by atoms with Crippen molar-refractivity contribution >= 4 is 17.7 Å². The number of aliphatic imine (C=N–C) groups is 1. The molecule has 104 valence electrons. The summed E-state index contributed by atoms with van der Waals surface area (Å²) in [6.07, 6.45) is 0. The number of rotatable bonds is 4. The van der Waals surface area contributed by atoms with Gasteiger partial charge in [-0.05, 0) is 12.1 Å². The highest BCUT2D eigenvalue weighted by Crippen LogP contribution is 2.22. The van der Waals surface area contributed by atoms with Crippen molar-refractivity contribution in [3.63, 3.8) is 0 Å². The third-order valence-corrected chi connectivity index (χ3v) is 4.02. The van der Waals surface area contributed by atoms with Crippen LogP contribution in [0.5, 0.6) is 0 Å². The molecule has 0 spiro atoms. The summed E-state index contributed by atoms with van der Waals surface area (Å²) in [6, 6.07) is 10.4. The second kappa shape index (κ2) is 7.40. The Kier molecular flexibility index (Phi) is 5.54. The van der Waals surface area contributed by atoms with Crippen LogP contribution in [0.2, 0.25) is 0 Å². The summed E-state index contributed by atoms with van der Waals surface area (Å²) in [5.41, 5.74) is 6.00. The fourth-order valence-electron chi connectivity index (χ4n) is 1.88. The van der Waals surface area contributed by atoms with Crippen LogP contribution in [-0.2, 0) is 4.74 Å². The highest BCUT2D eigenvalue weighted by Gasteiger charge is 2.12. The predicted octanol–water partition coefficient (Wildman–Crippen LogP) is 1.81. The van der Waals surface area contributed by atoms with Crippen LogP contribution >= 0.6 is 11.8 Å². The van der Waals surface area contributed by atoms with Crippen molar-refractivity contribution in [2.45, 2.75) is 17.1 Å². The molecule has 1 atom stereocenters. The lowest BCUT2D eigenvalue weighted by Gasteiger charge is -2.27. The van der Waals surface area contributed by atoms with E-state index in [1.165, 1.54) is 4.90 Å². The van der Waals surface area contributed by atoms with Crippen molar-refractivity contribution in [1.82, 2.24) is 4.90 Å². The van der Waals surface area contributed by atoms with E-state index in [-0.39, 0.29) is 0 Å². The van der Waals surface area contributed by atoms with Gasteiger partial charge in [-0.25, -0.2) is 0 Å². The molecule has 5 heteroatoms. The molecule has 0 aromatic heterocycles. The molecular weight excluding hydrogens is 258 g/mol. The van der Waals surface area contributed by atoms with Gasteiger partial charge in [-0.1, -0.05) is 25.1 Å². The molecule has 0 saturated carbocycles. The Labute approximate surface area is 119 Å². The van der Waals surface area contributed by atoms with E-state index >= 15 is 0 Å². The molecule has 1 aliphatic heterocycles. The number of nitrogens with two attached hydrogens (primary N) is 1. The molecule has 0 radical (unpaired) electrons. The summed E-state index contributed by atoms with van der Waals surface area (Å²) in [7, 11) is 0. The lowest BCUT2D eigenvalue weighted by atomic mass is 10.4. The van der Waals surface area contributed by atoms with Crippen LogP contribution in [0.1, 0.15) is 6.92 Å². The normalized spacial score (nSPS) is 18.4. The molecule has 1 aliphatic rings. The number of nitrogens with zero attached hydrogens (tertiary/aromatic N) is 2. The Morgan fingerprint density at radius 3 is 2.74 bits per heavy atom. The van der Waals surface area contributed by atoms with Gasteiger partial charge < -0.3 is 15.4 Å². The van der Waals surface area contributed by atoms with Gasteiger partial charge in [0, 0.05) is 23.2 Å². The summed E-state index contributed by atoms with van der Waals surface area (Å²) in [5, 5.41) is 0.419. The number of guanidine groups is 1. The number of hydrogen-bond acceptors (Lipinski definition) is 3. The van der Waals surface area contributed by atoms with Gasteiger partial charge in [0.25, 0.3) is 0 Å². The zero-order valence-corrected chi connectivity index (χ0v) is 12.1. The molecule has 1 aromatic rings. The highest BCUT2D eigenvalue weighted by atomic mass is 32.2. The summed E-state index contributed by atoms with van der Waals surface area (Å²) in [4.78, 5) is 7.85. The molecular formula is C14H21N3OS. The van der Waals surface area contributed by atoms with E-state index in [9.17, 15) is 0 Å². The Balaban J connectivity index is 1.80. The maximum Gasteiger partial charge on any atom is 0.191 e. The van der Waals surface area contributed by atoms with Gasteiger partial charge in [-0.3, -0.25) is 4.99 Å². The first-order valence-corrected chi connectivity index (χ1v) is 7.48. The Morgan fingerprint density at radius 2 is 2.05 bits per heavy atom. The minimum absolute atomic E-state index is 0.419. The van der Waals surface area contributed by atoms with Crippen LogP contribution in [0.25, 0.3) is 0 Å². The van der Waals surface area contributed by atoms with E-state index < -0.39 is 0 Å². The Hall–Kier alpha value is -1.20. The molecule has 1 heterocycles. The largest absolute Gasteiger partial charge is 0.378 e. The van der Waals surface area contributed by atoms with Crippen molar-refractivity contribution in [1.29, 1.82) is 0 Å². The smallest absolute Gasteiger partial charge is 0.191 e. The first-order chi connectivity index (χ1) is 9.25. The van der Waals surface area contributed by atoms with Crippen molar-refractivity contribution < 1.29 is 4.74 Å². The van der Waals surface area contributed by atoms with E-state index in [2.05, 4.69) is 41.1 Å². The van der Waals surface area contributed by atoms with Crippen molar-refractivity contribution in [2.75, 3.05) is 32.8 Å². The van der Waals surface area contributed by atoms with Crippen molar-refractivity contribution in [2.24, 2.45) is 10.7 Å². The lowest BCUT2D eigenvalue weighted by Crippen LogP contribution is -2.45. The molecule has 1 aromatic carbocycles. The Bertz CT molecular complexity index is 404. The zero-order chi connectivity index (χ0) is 13.5. The van der Waals surface area contributed by atoms with E-state index in [0.717, 1.165) is 32.8 Å². The van der Waals surface area contributed by atoms with E-state index in [1.807, 2.05) is 17.8 Å². The Morgan fingerprint density at radius 1 is 1.37 bits per heavy atom. The average molecular weight is 279 g/mol. The zero-order valence-electron chi connectivity index (χ0n) is 11.3. The summed E-state index contributed by atoms with van der Waals surface area (Å²) in [5.74, 6) is 0.642. The first kappa shape index (κ1) is 14.2. The summed E-state index contributed by atoms with van der Waals surface area (Å²) < 4.78 is 5.30. The molecule has 0 bridgehead atoms. The van der Waals surface area contributed by atoms with Crippen LogP contribution in [-0.4, -0.2) is 49.0 Å². The minimum Gasteiger partial charge on any atom is -0.378 e. The van der Waals surface area contributed by atoms with Gasteiger partial charge in [0.15, 0.2) is 5.96 Å². The SMILES string of the molecule is CC(CN=C(N)N1CCOCC1)Sc1ccccc1. The lowest BCUT2D eigenvalue weighted by molar-refractivity contribution is 0.0674. The van der Waals surface area contributed by atoms with Crippen molar-refractivity contribution in [3.05, 3.63) is 30.3 Å². The fourth-order valence-corrected chi connectivity index (χ4v) is 2.81. The van der Waals surface area contributed by atoms with Gasteiger partial charge in [-0.15, -0.1) is 11.8 Å². The monoisotopic (exact) mass is 279 g/mol. The molecule has 1 fully saturated rings. The summed E-state index contributed by atoms with van der Waals surface area (Å²) in [6.45, 7) is 6.08. The van der Waals surface area contributed by atoms with E-state index in [1.54, 1.807) is 0 Å². The highest BCUT2D eigenvalue weighted by molar-refractivity contribution is 8.00. The number of thioether (sulfide) groups is 1. The van der Waals surface area contributed by atoms with Gasteiger partial charge in [-0.2, -0.15) is 0 Å². The topological polar surface area (TPSA) is 50.8 Å². The quantitative estimate of drug-likeness (QED) is 0.519. The van der Waals surface area contributed by atoms with Gasteiger partial charge >= 0.3 is 0 Å². The molecule has 2 rings (SSSR count). The molecule has 4 nitrogen and oxygen atoms in total. The van der Waals surface area contributed by atoms with Gasteiger partial charge in [0.2, 0.25) is 0 Å². The molecule has 0 amide bonds. The molecule has 1 unspecified atom stereocenters. The summed E-state index contributed by atoms with van der Waals surface area (Å²) >= 11 is 1.83. The molecule has 19 heavy (non-hydrogen) atoms. The van der Waals surface area contributed by atoms with Crippen LogP contribution in [0, 0.1) is 0 Å². The van der Waals surface area contributed by atoms with Crippen molar-refractivity contribution in [3.8, 4) is 0 Å². The van der Waals surface area contributed by atoms with Crippen LogP contribution < -0.4 is 5.73 Å². The van der Waals surface area contributed by atoms with Gasteiger partial charge in [0.1, 0.15) is 0 Å². The maximum atomic E-state index is 6.00. The number of morpholine rings is 1. The predicted molar refractivity (Wildman–Crippen MR) is 80.6 cm³/mol. The van der Waals surface area contributed by atoms with Gasteiger partial charge in [0.05, 0.1) is 19.8 Å². The second-order valence-corrected chi connectivity index (χ2v) is 6.05. The standard InChI is InChI=1S/C14H21N3OS/c1-12(19-13-5-3-2-4-6-13)11-16-14(15)17-7-9-18-10-8-17/h2-6,12H,7-11H2,1H3,(H2,15,16). The molecule has 0 aliphatic carbocycles.